The van der Waals surface area contributed by atoms with Crippen molar-refractivity contribution in [2.75, 3.05) is 25.5 Å². The fraction of sp³-hybridized carbons (Fsp3) is 0.562. The van der Waals surface area contributed by atoms with Gasteiger partial charge in [-0.3, -0.25) is 4.79 Å². The zero-order valence-electron chi connectivity index (χ0n) is 13.2. The summed E-state index contributed by atoms with van der Waals surface area (Å²) in [5, 5.41) is 2.98. The summed E-state index contributed by atoms with van der Waals surface area (Å²) in [6, 6.07) is 3.17. The Morgan fingerprint density at radius 3 is 2.75 bits per heavy atom. The lowest BCUT2D eigenvalue weighted by atomic mass is 10.2. The number of carbonyl (C=O) groups is 1. The third-order valence-electron chi connectivity index (χ3n) is 3.88. The van der Waals surface area contributed by atoms with Crippen LogP contribution in [0.4, 0.5) is 0 Å². The number of ether oxygens (including phenoxy) is 2. The van der Waals surface area contributed by atoms with E-state index in [1.807, 2.05) is 0 Å². The van der Waals surface area contributed by atoms with Gasteiger partial charge in [0, 0.05) is 13.0 Å². The summed E-state index contributed by atoms with van der Waals surface area (Å²) < 4.78 is 35.6. The number of halogens is 1. The van der Waals surface area contributed by atoms with E-state index in [0.29, 0.717) is 47.8 Å². The van der Waals surface area contributed by atoms with Gasteiger partial charge in [-0.05, 0) is 36.5 Å². The molecule has 2 aliphatic rings. The van der Waals surface area contributed by atoms with Gasteiger partial charge < -0.3 is 14.8 Å². The van der Waals surface area contributed by atoms with Crippen molar-refractivity contribution in [2.24, 2.45) is 5.92 Å². The van der Waals surface area contributed by atoms with Crippen molar-refractivity contribution in [3.8, 4) is 11.5 Å². The number of nitrogens with one attached hydrogen (secondary N) is 1. The van der Waals surface area contributed by atoms with Crippen LogP contribution in [0.5, 0.6) is 11.5 Å². The third-order valence-corrected chi connectivity index (χ3v) is 5.64. The van der Waals surface area contributed by atoms with Crippen LogP contribution < -0.4 is 14.8 Å². The Labute approximate surface area is 146 Å². The van der Waals surface area contributed by atoms with Crippen LogP contribution in [0.15, 0.2) is 12.1 Å². The molecule has 1 N–H and O–H groups in total. The fourth-order valence-electron chi connectivity index (χ4n) is 2.50. The van der Waals surface area contributed by atoms with Gasteiger partial charge in [0.1, 0.15) is 5.75 Å². The molecule has 1 aromatic carbocycles. The molecule has 1 aromatic rings. The van der Waals surface area contributed by atoms with Crippen LogP contribution in [0.3, 0.4) is 0 Å². The minimum Gasteiger partial charge on any atom is -0.489 e. The molecule has 0 spiro atoms. The van der Waals surface area contributed by atoms with E-state index in [2.05, 4.69) is 5.32 Å². The van der Waals surface area contributed by atoms with Gasteiger partial charge in [-0.1, -0.05) is 11.6 Å². The standard InChI is InChI=1S/C16H20ClNO5S/c17-13-6-12(7-14-16(13)23-5-1-4-22-14)9-24(20,21)10-15(19)18-8-11-2-3-11/h6-7,11H,1-5,8-10H2,(H,18,19). The Hall–Kier alpha value is -1.47. The average molecular weight is 374 g/mol. The third kappa shape index (κ3) is 4.77. The molecule has 132 valence electrons. The number of rotatable bonds is 6. The van der Waals surface area contributed by atoms with Gasteiger partial charge in [0.15, 0.2) is 21.3 Å². The highest BCUT2D eigenvalue weighted by atomic mass is 35.5. The molecule has 0 unspecified atom stereocenters. The summed E-state index contributed by atoms with van der Waals surface area (Å²) in [7, 11) is -3.58. The van der Waals surface area contributed by atoms with Gasteiger partial charge in [0.25, 0.3) is 0 Å². The minimum absolute atomic E-state index is 0.264. The van der Waals surface area contributed by atoms with Crippen LogP contribution in [-0.4, -0.2) is 39.8 Å². The van der Waals surface area contributed by atoms with Gasteiger partial charge in [-0.15, -0.1) is 0 Å². The zero-order valence-corrected chi connectivity index (χ0v) is 14.8. The molecule has 24 heavy (non-hydrogen) atoms. The molecule has 1 saturated carbocycles. The molecule has 3 rings (SSSR count). The first-order valence-corrected chi connectivity index (χ1v) is 10.2. The van der Waals surface area contributed by atoms with E-state index in [-0.39, 0.29) is 5.75 Å². The van der Waals surface area contributed by atoms with Crippen molar-refractivity contribution < 1.29 is 22.7 Å². The minimum atomic E-state index is -3.58. The molecule has 1 fully saturated rings. The maximum absolute atomic E-state index is 12.2. The van der Waals surface area contributed by atoms with Crippen LogP contribution in [0.2, 0.25) is 5.02 Å². The molecule has 1 aliphatic heterocycles. The second-order valence-electron chi connectivity index (χ2n) is 6.24. The Morgan fingerprint density at radius 1 is 1.25 bits per heavy atom. The Bertz CT molecular complexity index is 730. The number of fused-ring (bicyclic) bond motifs is 1. The Balaban J connectivity index is 1.66. The smallest absolute Gasteiger partial charge is 0.235 e. The van der Waals surface area contributed by atoms with E-state index in [4.69, 9.17) is 21.1 Å². The Morgan fingerprint density at radius 2 is 2.00 bits per heavy atom. The van der Waals surface area contributed by atoms with E-state index < -0.39 is 21.5 Å². The molecule has 1 amide bonds. The molecule has 1 heterocycles. The fourth-order valence-corrected chi connectivity index (χ4v) is 4.07. The summed E-state index contributed by atoms with van der Waals surface area (Å²) in [6.45, 7) is 1.55. The largest absolute Gasteiger partial charge is 0.489 e. The molecule has 0 radical (unpaired) electrons. The number of hydrogen-bond acceptors (Lipinski definition) is 5. The lowest BCUT2D eigenvalue weighted by Crippen LogP contribution is -2.32. The van der Waals surface area contributed by atoms with E-state index in [9.17, 15) is 13.2 Å². The summed E-state index contributed by atoms with van der Waals surface area (Å²) in [5.74, 6) is 0.159. The SMILES string of the molecule is O=C(CS(=O)(=O)Cc1cc(Cl)c2c(c1)OCCCO2)NCC1CC1. The van der Waals surface area contributed by atoms with Crippen molar-refractivity contribution in [1.82, 2.24) is 5.32 Å². The lowest BCUT2D eigenvalue weighted by molar-refractivity contribution is -0.118. The second-order valence-corrected chi connectivity index (χ2v) is 8.71. The lowest BCUT2D eigenvalue weighted by Gasteiger charge is -2.12. The highest BCUT2D eigenvalue weighted by molar-refractivity contribution is 7.91. The van der Waals surface area contributed by atoms with Crippen LogP contribution in [0.1, 0.15) is 24.8 Å². The number of carbonyl (C=O) groups excluding carboxylic acids is 1. The number of hydrogen-bond donors (Lipinski definition) is 1. The van der Waals surface area contributed by atoms with E-state index >= 15 is 0 Å². The van der Waals surface area contributed by atoms with Crippen molar-refractivity contribution in [3.63, 3.8) is 0 Å². The van der Waals surface area contributed by atoms with E-state index in [0.717, 1.165) is 19.3 Å². The van der Waals surface area contributed by atoms with Gasteiger partial charge in [0.05, 0.1) is 24.0 Å². The highest BCUT2D eigenvalue weighted by Gasteiger charge is 2.24. The van der Waals surface area contributed by atoms with Crippen molar-refractivity contribution in [1.29, 1.82) is 0 Å². The van der Waals surface area contributed by atoms with Crippen molar-refractivity contribution >= 4 is 27.3 Å². The van der Waals surface area contributed by atoms with Gasteiger partial charge in [-0.25, -0.2) is 8.42 Å². The van der Waals surface area contributed by atoms with Crippen molar-refractivity contribution in [3.05, 3.63) is 22.7 Å². The number of amides is 1. The summed E-state index contributed by atoms with van der Waals surface area (Å²) in [4.78, 5) is 11.8. The van der Waals surface area contributed by atoms with Gasteiger partial charge in [0.2, 0.25) is 5.91 Å². The molecule has 0 saturated heterocycles. The average Bonchev–Trinajstić information content (AvgIpc) is 3.31. The quantitative estimate of drug-likeness (QED) is 0.824. The predicted molar refractivity (Wildman–Crippen MR) is 90.3 cm³/mol. The van der Waals surface area contributed by atoms with E-state index in [1.165, 1.54) is 0 Å². The van der Waals surface area contributed by atoms with Gasteiger partial charge in [-0.2, -0.15) is 0 Å². The molecule has 0 aromatic heterocycles. The number of sulfone groups is 1. The second kappa shape index (κ2) is 7.19. The first-order valence-electron chi connectivity index (χ1n) is 7.98. The van der Waals surface area contributed by atoms with Crippen molar-refractivity contribution in [2.45, 2.75) is 25.0 Å². The van der Waals surface area contributed by atoms with Crippen LogP contribution in [0.25, 0.3) is 0 Å². The monoisotopic (exact) mass is 373 g/mol. The van der Waals surface area contributed by atoms with Crippen LogP contribution >= 0.6 is 11.6 Å². The summed E-state index contributed by atoms with van der Waals surface area (Å²) in [5.41, 5.74) is 0.485. The van der Waals surface area contributed by atoms with Crippen LogP contribution in [0, 0.1) is 5.92 Å². The molecule has 0 bridgehead atoms. The highest BCUT2D eigenvalue weighted by Crippen LogP contribution is 2.38. The maximum atomic E-state index is 12.2. The summed E-state index contributed by atoms with van der Waals surface area (Å²) in [6.07, 6.45) is 2.94. The first-order chi connectivity index (χ1) is 11.4. The Kier molecular flexibility index (Phi) is 5.20. The predicted octanol–water partition coefficient (Wildman–Crippen LogP) is 1.94. The molecular weight excluding hydrogens is 354 g/mol. The van der Waals surface area contributed by atoms with Crippen LogP contribution in [-0.2, 0) is 20.4 Å². The van der Waals surface area contributed by atoms with Gasteiger partial charge >= 0.3 is 0 Å². The zero-order chi connectivity index (χ0) is 17.2. The summed E-state index contributed by atoms with van der Waals surface area (Å²) >= 11 is 6.17. The normalized spacial score (nSPS) is 17.2. The topological polar surface area (TPSA) is 81.7 Å². The molecule has 8 heteroatoms. The van der Waals surface area contributed by atoms with E-state index in [1.54, 1.807) is 12.1 Å². The molecule has 6 nitrogen and oxygen atoms in total. The molecule has 1 aliphatic carbocycles. The first kappa shape index (κ1) is 17.4. The number of benzene rings is 1. The maximum Gasteiger partial charge on any atom is 0.235 e. The molecule has 0 atom stereocenters. The molecular formula is C16H20ClNO5S.